The normalized spacial score (nSPS) is 11.2. The fourth-order valence-corrected chi connectivity index (χ4v) is 2.57. The molecule has 26 heavy (non-hydrogen) atoms. The van der Waals surface area contributed by atoms with E-state index in [9.17, 15) is 4.79 Å². The Kier molecular flexibility index (Phi) is 8.06. The Morgan fingerprint density at radius 3 is 2.62 bits per heavy atom. The van der Waals surface area contributed by atoms with E-state index in [1.54, 1.807) is 13.2 Å². The predicted octanol–water partition coefficient (Wildman–Crippen LogP) is 3.63. The van der Waals surface area contributed by atoms with E-state index >= 15 is 0 Å². The van der Waals surface area contributed by atoms with Gasteiger partial charge in [-0.2, -0.15) is 0 Å². The Morgan fingerprint density at radius 1 is 1.15 bits per heavy atom. The topological polar surface area (TPSA) is 41.6 Å². The molecule has 0 aliphatic carbocycles. The van der Waals surface area contributed by atoms with Crippen LogP contribution in [-0.4, -0.2) is 45.0 Å². The van der Waals surface area contributed by atoms with Gasteiger partial charge in [0, 0.05) is 12.1 Å². The van der Waals surface area contributed by atoms with Gasteiger partial charge >= 0.3 is 0 Å². The van der Waals surface area contributed by atoms with E-state index in [0.717, 1.165) is 42.9 Å². The third-order valence-corrected chi connectivity index (χ3v) is 4.04. The van der Waals surface area contributed by atoms with Crippen LogP contribution in [-0.2, 0) is 6.54 Å². The van der Waals surface area contributed by atoms with Crippen LogP contribution in [0.4, 0.5) is 0 Å². The predicted molar refractivity (Wildman–Crippen MR) is 108 cm³/mol. The largest absolute Gasteiger partial charge is 0.497 e. The first kappa shape index (κ1) is 19.9. The molecule has 0 bridgehead atoms. The number of carbonyl (C=O) groups excluding carboxylic acids is 1. The zero-order valence-corrected chi connectivity index (χ0v) is 15.9. The van der Waals surface area contributed by atoms with Gasteiger partial charge in [-0.25, -0.2) is 0 Å². The second kappa shape index (κ2) is 10.5. The fraction of sp³-hybridized carbons (Fsp3) is 0.318. The van der Waals surface area contributed by atoms with Gasteiger partial charge in [0.15, 0.2) is 5.78 Å². The standard InChI is InChI=1S/C22H28N2O2/c1-24(2)15-5-14-23-17-19-6-4-7-20(16-19)22(25)13-10-18-8-11-21(26-3)12-9-18/h4,6-13,16,23H,5,14-15,17H2,1-3H3. The molecule has 0 aliphatic heterocycles. The lowest BCUT2D eigenvalue weighted by atomic mass is 10.1. The number of ether oxygens (including phenoxy) is 1. The number of carbonyl (C=O) groups is 1. The van der Waals surface area contributed by atoms with Crippen LogP contribution in [0.25, 0.3) is 6.08 Å². The summed E-state index contributed by atoms with van der Waals surface area (Å²) in [6.45, 7) is 2.81. The van der Waals surface area contributed by atoms with Crippen LogP contribution < -0.4 is 10.1 Å². The molecule has 2 aromatic carbocycles. The summed E-state index contributed by atoms with van der Waals surface area (Å²) in [6, 6.07) is 15.4. The highest BCUT2D eigenvalue weighted by molar-refractivity contribution is 6.06. The number of allylic oxidation sites excluding steroid dienone is 1. The van der Waals surface area contributed by atoms with E-state index in [-0.39, 0.29) is 5.78 Å². The molecule has 0 saturated heterocycles. The van der Waals surface area contributed by atoms with Crippen molar-refractivity contribution in [2.75, 3.05) is 34.3 Å². The monoisotopic (exact) mass is 352 g/mol. The SMILES string of the molecule is COc1ccc(C=CC(=O)c2cccc(CNCCCN(C)C)c2)cc1. The number of methoxy groups -OCH3 is 1. The minimum atomic E-state index is 0.00951. The average Bonchev–Trinajstić information content (AvgIpc) is 2.66. The van der Waals surface area contributed by atoms with Gasteiger partial charge in [0.05, 0.1) is 7.11 Å². The third kappa shape index (κ3) is 6.82. The van der Waals surface area contributed by atoms with Crippen molar-refractivity contribution in [3.8, 4) is 5.75 Å². The van der Waals surface area contributed by atoms with Gasteiger partial charge in [-0.15, -0.1) is 0 Å². The van der Waals surface area contributed by atoms with Crippen LogP contribution in [0, 0.1) is 0 Å². The lowest BCUT2D eigenvalue weighted by Crippen LogP contribution is -2.21. The summed E-state index contributed by atoms with van der Waals surface area (Å²) >= 11 is 0. The van der Waals surface area contributed by atoms with Crippen molar-refractivity contribution in [2.24, 2.45) is 0 Å². The van der Waals surface area contributed by atoms with Crippen molar-refractivity contribution in [3.63, 3.8) is 0 Å². The Hall–Kier alpha value is -2.43. The van der Waals surface area contributed by atoms with E-state index in [2.05, 4.69) is 24.3 Å². The summed E-state index contributed by atoms with van der Waals surface area (Å²) < 4.78 is 5.14. The zero-order valence-electron chi connectivity index (χ0n) is 15.9. The van der Waals surface area contributed by atoms with Gasteiger partial charge in [-0.05, 0) is 69.0 Å². The van der Waals surface area contributed by atoms with Crippen molar-refractivity contribution >= 4 is 11.9 Å². The maximum atomic E-state index is 12.4. The molecular weight excluding hydrogens is 324 g/mol. The molecule has 4 heteroatoms. The summed E-state index contributed by atoms with van der Waals surface area (Å²) in [4.78, 5) is 14.6. The number of ketones is 1. The van der Waals surface area contributed by atoms with Gasteiger partial charge < -0.3 is 15.0 Å². The van der Waals surface area contributed by atoms with Gasteiger partial charge in [0.25, 0.3) is 0 Å². The molecule has 0 amide bonds. The maximum absolute atomic E-state index is 12.4. The molecule has 0 aliphatic rings. The van der Waals surface area contributed by atoms with E-state index in [1.807, 2.05) is 54.6 Å². The molecule has 2 aromatic rings. The molecule has 2 rings (SSSR count). The maximum Gasteiger partial charge on any atom is 0.185 e. The number of nitrogens with one attached hydrogen (secondary N) is 1. The Bertz CT molecular complexity index is 721. The first-order chi connectivity index (χ1) is 12.6. The molecule has 0 atom stereocenters. The van der Waals surface area contributed by atoms with Crippen molar-refractivity contribution in [1.82, 2.24) is 10.2 Å². The lowest BCUT2D eigenvalue weighted by molar-refractivity contribution is 0.104. The third-order valence-electron chi connectivity index (χ3n) is 4.04. The van der Waals surface area contributed by atoms with Crippen LogP contribution >= 0.6 is 0 Å². The minimum absolute atomic E-state index is 0.00951. The quantitative estimate of drug-likeness (QED) is 0.403. The van der Waals surface area contributed by atoms with E-state index in [4.69, 9.17) is 4.74 Å². The highest BCUT2D eigenvalue weighted by atomic mass is 16.5. The van der Waals surface area contributed by atoms with Crippen LogP contribution in [0.2, 0.25) is 0 Å². The van der Waals surface area contributed by atoms with Crippen LogP contribution in [0.3, 0.4) is 0 Å². The highest BCUT2D eigenvalue weighted by Crippen LogP contribution is 2.13. The van der Waals surface area contributed by atoms with Crippen molar-refractivity contribution < 1.29 is 9.53 Å². The minimum Gasteiger partial charge on any atom is -0.497 e. The molecule has 0 saturated carbocycles. The van der Waals surface area contributed by atoms with Crippen molar-refractivity contribution in [2.45, 2.75) is 13.0 Å². The number of benzene rings is 2. The zero-order chi connectivity index (χ0) is 18.8. The second-order valence-electron chi connectivity index (χ2n) is 6.50. The van der Waals surface area contributed by atoms with Crippen LogP contribution in [0.1, 0.15) is 27.9 Å². The molecule has 0 unspecified atom stereocenters. The summed E-state index contributed by atoms with van der Waals surface area (Å²) in [5, 5.41) is 3.42. The summed E-state index contributed by atoms with van der Waals surface area (Å²) in [7, 11) is 5.79. The van der Waals surface area contributed by atoms with E-state index < -0.39 is 0 Å². The highest BCUT2D eigenvalue weighted by Gasteiger charge is 2.03. The average molecular weight is 352 g/mol. The lowest BCUT2D eigenvalue weighted by Gasteiger charge is -2.10. The number of nitrogens with zero attached hydrogens (tertiary/aromatic N) is 1. The van der Waals surface area contributed by atoms with Gasteiger partial charge in [-0.3, -0.25) is 4.79 Å². The van der Waals surface area contributed by atoms with E-state index in [1.165, 1.54) is 0 Å². The molecule has 1 N–H and O–H groups in total. The molecule has 0 heterocycles. The molecule has 138 valence electrons. The molecular formula is C22H28N2O2. The van der Waals surface area contributed by atoms with Gasteiger partial charge in [0.1, 0.15) is 5.75 Å². The molecule has 0 radical (unpaired) electrons. The second-order valence-corrected chi connectivity index (χ2v) is 6.50. The number of hydrogen-bond donors (Lipinski definition) is 1. The fourth-order valence-electron chi connectivity index (χ4n) is 2.57. The first-order valence-electron chi connectivity index (χ1n) is 8.89. The Balaban J connectivity index is 1.89. The van der Waals surface area contributed by atoms with Gasteiger partial charge in [0.2, 0.25) is 0 Å². The van der Waals surface area contributed by atoms with Gasteiger partial charge in [-0.1, -0.05) is 36.4 Å². The first-order valence-corrected chi connectivity index (χ1v) is 8.89. The Labute approximate surface area is 156 Å². The summed E-state index contributed by atoms with van der Waals surface area (Å²) in [6.07, 6.45) is 4.55. The number of hydrogen-bond acceptors (Lipinski definition) is 4. The van der Waals surface area contributed by atoms with Crippen molar-refractivity contribution in [1.29, 1.82) is 0 Å². The molecule has 4 nitrogen and oxygen atoms in total. The summed E-state index contributed by atoms with van der Waals surface area (Å²) in [5.41, 5.74) is 2.80. The number of rotatable bonds is 10. The van der Waals surface area contributed by atoms with E-state index in [0.29, 0.717) is 5.56 Å². The molecule has 0 fully saturated rings. The summed E-state index contributed by atoms with van der Waals surface area (Å²) in [5.74, 6) is 0.814. The Morgan fingerprint density at radius 2 is 1.92 bits per heavy atom. The van der Waals surface area contributed by atoms with Crippen molar-refractivity contribution in [3.05, 3.63) is 71.3 Å². The molecule has 0 spiro atoms. The smallest absolute Gasteiger partial charge is 0.185 e. The van der Waals surface area contributed by atoms with Crippen LogP contribution in [0.15, 0.2) is 54.6 Å². The molecule has 0 aromatic heterocycles. The van der Waals surface area contributed by atoms with Crippen LogP contribution in [0.5, 0.6) is 5.75 Å².